The molecule has 0 saturated heterocycles. The Morgan fingerprint density at radius 1 is 1.67 bits per heavy atom. The lowest BCUT2D eigenvalue weighted by Crippen LogP contribution is -1.92. The summed E-state index contributed by atoms with van der Waals surface area (Å²) in [6, 6.07) is 0. The van der Waals surface area contributed by atoms with Crippen LogP contribution < -0.4 is 0 Å². The van der Waals surface area contributed by atoms with Crippen LogP contribution in [0.3, 0.4) is 0 Å². The Morgan fingerprint density at radius 2 is 2.33 bits per heavy atom. The third kappa shape index (κ3) is 6.79. The fourth-order valence-electron chi connectivity index (χ4n) is 0.187. The van der Waals surface area contributed by atoms with E-state index in [1.54, 1.807) is 0 Å². The molecule has 9 heavy (non-hydrogen) atoms. The maximum Gasteiger partial charge on any atom is 0.520 e. The van der Waals surface area contributed by atoms with Crippen LogP contribution in [0, 0.1) is 12.0 Å². The molecule has 0 bridgehead atoms. The predicted molar refractivity (Wildman–Crippen MR) is 28.6 cm³/mol. The number of rotatable bonds is 1. The van der Waals surface area contributed by atoms with Crippen LogP contribution in [0.5, 0.6) is 0 Å². The molecule has 4 heteroatoms. The number of carboxylic acid groups (broad SMARTS) is 1. The summed E-state index contributed by atoms with van der Waals surface area (Å²) in [6.07, 6.45) is 0.675. The largest absolute Gasteiger partial charge is 0.520 e. The van der Waals surface area contributed by atoms with Gasteiger partial charge in [0.25, 0.3) is 0 Å². The van der Waals surface area contributed by atoms with Crippen LogP contribution in [0.2, 0.25) is 0 Å². The summed E-state index contributed by atoms with van der Waals surface area (Å²) in [5, 5.41) is 16.0. The summed E-state index contributed by atoms with van der Waals surface area (Å²) < 4.78 is 3.79. The van der Waals surface area contributed by atoms with Crippen molar-refractivity contribution >= 4 is 6.16 Å². The Kier molecular flexibility index (Phi) is 4.27. The molecule has 2 N–H and O–H groups in total. The first-order chi connectivity index (χ1) is 4.27. The number of ether oxygens (including phenoxy) is 1. The van der Waals surface area contributed by atoms with Gasteiger partial charge >= 0.3 is 6.16 Å². The minimum atomic E-state index is -1.43. The minimum Gasteiger partial charge on any atom is -0.449 e. The van der Waals surface area contributed by atoms with Crippen LogP contribution in [0.4, 0.5) is 4.79 Å². The molecule has 0 rings (SSSR count). The van der Waals surface area contributed by atoms with Crippen molar-refractivity contribution in [2.45, 2.75) is 6.42 Å². The van der Waals surface area contributed by atoms with E-state index in [0.717, 1.165) is 0 Å². The van der Waals surface area contributed by atoms with Crippen molar-refractivity contribution in [3.8, 4) is 12.0 Å². The van der Waals surface area contributed by atoms with Gasteiger partial charge in [-0.25, -0.2) is 4.79 Å². The van der Waals surface area contributed by atoms with Gasteiger partial charge in [-0.05, 0) is 0 Å². The predicted octanol–water partition coefficient (Wildman–Crippen LogP) is 0.0243. The van der Waals surface area contributed by atoms with E-state index >= 15 is 0 Å². The zero-order chi connectivity index (χ0) is 7.11. The lowest BCUT2D eigenvalue weighted by Gasteiger charge is -1.80. The van der Waals surface area contributed by atoms with Gasteiger partial charge in [0.1, 0.15) is 6.11 Å². The average Bonchev–Trinajstić information content (AvgIpc) is 1.80. The Balaban J connectivity index is 3.26. The van der Waals surface area contributed by atoms with E-state index in [1.165, 1.54) is 0 Å². The maximum atomic E-state index is 9.58. The average molecular weight is 130 g/mol. The van der Waals surface area contributed by atoms with Crippen molar-refractivity contribution in [1.29, 1.82) is 0 Å². The Bertz CT molecular complexity index is 141. The van der Waals surface area contributed by atoms with Crippen LogP contribution in [0.25, 0.3) is 0 Å². The molecule has 0 unspecified atom stereocenters. The van der Waals surface area contributed by atoms with Crippen molar-refractivity contribution in [3.05, 3.63) is 0 Å². The molecule has 0 amide bonds. The van der Waals surface area contributed by atoms with E-state index in [1.807, 2.05) is 6.11 Å². The van der Waals surface area contributed by atoms with E-state index in [4.69, 9.17) is 10.2 Å². The molecule has 0 spiro atoms. The minimum absolute atomic E-state index is 0.0873. The molecular formula is C5H6O4. The Hall–Kier alpha value is -1.21. The van der Waals surface area contributed by atoms with Crippen molar-refractivity contribution in [2.75, 3.05) is 6.61 Å². The SMILES string of the molecule is O=C(O)OC#CCCO. The molecule has 0 radical (unpaired) electrons. The quantitative estimate of drug-likeness (QED) is 0.388. The summed E-state index contributed by atoms with van der Waals surface area (Å²) in [6.45, 7) is -0.0873. The molecule has 0 aromatic carbocycles. The van der Waals surface area contributed by atoms with Gasteiger partial charge in [-0.2, -0.15) is 0 Å². The molecule has 0 aromatic rings. The van der Waals surface area contributed by atoms with Gasteiger partial charge < -0.3 is 14.9 Å². The standard InChI is InChI=1S/C5H6O4/c6-3-1-2-4-9-5(7)8/h6H,1,3H2,(H,7,8). The molecule has 0 aliphatic carbocycles. The number of hydrogen-bond acceptors (Lipinski definition) is 3. The molecular weight excluding hydrogens is 124 g/mol. The molecule has 0 atom stereocenters. The van der Waals surface area contributed by atoms with Gasteiger partial charge in [-0.15, -0.1) is 0 Å². The summed E-state index contributed by atoms with van der Waals surface area (Å²) in [7, 11) is 0. The van der Waals surface area contributed by atoms with E-state index < -0.39 is 6.16 Å². The number of carbonyl (C=O) groups is 1. The molecule has 4 nitrogen and oxygen atoms in total. The third-order valence-electron chi connectivity index (χ3n) is 0.447. The zero-order valence-corrected chi connectivity index (χ0v) is 4.63. The molecule has 0 fully saturated rings. The molecule has 50 valence electrons. The van der Waals surface area contributed by atoms with Gasteiger partial charge in [0, 0.05) is 6.42 Å². The van der Waals surface area contributed by atoms with Crippen molar-refractivity contribution in [2.24, 2.45) is 0 Å². The van der Waals surface area contributed by atoms with E-state index in [-0.39, 0.29) is 13.0 Å². The topological polar surface area (TPSA) is 66.8 Å². The van der Waals surface area contributed by atoms with Crippen molar-refractivity contribution in [3.63, 3.8) is 0 Å². The molecule has 0 aliphatic heterocycles. The second-order valence-electron chi connectivity index (χ2n) is 1.12. The molecule has 0 aliphatic rings. The smallest absolute Gasteiger partial charge is 0.449 e. The molecule has 0 aromatic heterocycles. The van der Waals surface area contributed by atoms with Crippen LogP contribution >= 0.6 is 0 Å². The fourth-order valence-corrected chi connectivity index (χ4v) is 0.187. The van der Waals surface area contributed by atoms with Gasteiger partial charge in [0.2, 0.25) is 0 Å². The highest BCUT2D eigenvalue weighted by Crippen LogP contribution is 1.73. The van der Waals surface area contributed by atoms with Gasteiger partial charge in [0.05, 0.1) is 6.61 Å². The Morgan fingerprint density at radius 3 is 2.78 bits per heavy atom. The van der Waals surface area contributed by atoms with E-state index in [0.29, 0.717) is 0 Å². The first-order valence-electron chi connectivity index (χ1n) is 2.26. The van der Waals surface area contributed by atoms with Gasteiger partial charge in [-0.1, -0.05) is 5.92 Å². The zero-order valence-electron chi connectivity index (χ0n) is 4.63. The monoisotopic (exact) mass is 130 g/mol. The highest BCUT2D eigenvalue weighted by atomic mass is 16.7. The van der Waals surface area contributed by atoms with E-state index in [2.05, 4.69) is 10.7 Å². The van der Waals surface area contributed by atoms with Crippen LogP contribution in [-0.4, -0.2) is 23.0 Å². The lowest BCUT2D eigenvalue weighted by molar-refractivity contribution is 0.134. The van der Waals surface area contributed by atoms with Gasteiger partial charge in [0.15, 0.2) is 0 Å². The summed E-state index contributed by atoms with van der Waals surface area (Å²) in [4.78, 5) is 9.58. The summed E-state index contributed by atoms with van der Waals surface area (Å²) >= 11 is 0. The van der Waals surface area contributed by atoms with Crippen LogP contribution in [0.15, 0.2) is 0 Å². The van der Waals surface area contributed by atoms with Crippen LogP contribution in [-0.2, 0) is 4.74 Å². The van der Waals surface area contributed by atoms with E-state index in [9.17, 15) is 4.79 Å². The second kappa shape index (κ2) is 4.94. The van der Waals surface area contributed by atoms with Crippen LogP contribution in [0.1, 0.15) is 6.42 Å². The van der Waals surface area contributed by atoms with Gasteiger partial charge in [-0.3, -0.25) is 0 Å². The molecule has 0 heterocycles. The first kappa shape index (κ1) is 7.79. The van der Waals surface area contributed by atoms with Crippen molar-refractivity contribution in [1.82, 2.24) is 0 Å². The maximum absolute atomic E-state index is 9.58. The Labute approximate surface area is 52.1 Å². The number of aliphatic hydroxyl groups is 1. The molecule has 0 saturated carbocycles. The van der Waals surface area contributed by atoms with Crippen molar-refractivity contribution < 1.29 is 19.7 Å². The fraction of sp³-hybridized carbons (Fsp3) is 0.400. The summed E-state index contributed by atoms with van der Waals surface area (Å²) in [5.74, 6) is 2.26. The summed E-state index contributed by atoms with van der Waals surface area (Å²) in [5.41, 5.74) is 0. The normalized spacial score (nSPS) is 7.22. The lowest BCUT2D eigenvalue weighted by atomic mass is 10.5. The third-order valence-corrected chi connectivity index (χ3v) is 0.447. The second-order valence-corrected chi connectivity index (χ2v) is 1.12. The number of hydrogen-bond donors (Lipinski definition) is 2. The number of aliphatic hydroxyl groups excluding tert-OH is 1. The highest BCUT2D eigenvalue weighted by molar-refractivity contribution is 5.58. The highest BCUT2D eigenvalue weighted by Gasteiger charge is 1.87. The first-order valence-corrected chi connectivity index (χ1v) is 2.26.